The minimum absolute atomic E-state index is 0.0775. The highest BCUT2D eigenvalue weighted by atomic mass is 16.7. The lowest BCUT2D eigenvalue weighted by atomic mass is 9.89. The fourth-order valence-electron chi connectivity index (χ4n) is 4.63. The molecule has 2 aromatic carbocycles. The van der Waals surface area contributed by atoms with Crippen LogP contribution in [0.25, 0.3) is 0 Å². The Labute approximate surface area is 228 Å². The van der Waals surface area contributed by atoms with Gasteiger partial charge in [-0.15, -0.1) is 5.48 Å². The van der Waals surface area contributed by atoms with Crippen molar-refractivity contribution in [1.82, 2.24) is 15.7 Å². The Hall–Kier alpha value is -3.86. The van der Waals surface area contributed by atoms with Gasteiger partial charge in [-0.2, -0.15) is 0 Å². The summed E-state index contributed by atoms with van der Waals surface area (Å²) in [6, 6.07) is 15.3. The minimum atomic E-state index is -0.674. The zero-order valence-corrected chi connectivity index (χ0v) is 22.5. The van der Waals surface area contributed by atoms with Crippen molar-refractivity contribution in [2.75, 3.05) is 46.6 Å². The van der Waals surface area contributed by atoms with E-state index < -0.39 is 11.1 Å². The van der Waals surface area contributed by atoms with Gasteiger partial charge in [0.2, 0.25) is 0 Å². The lowest BCUT2D eigenvalue weighted by Crippen LogP contribution is -2.44. The minimum Gasteiger partial charge on any atom is -0.491 e. The highest BCUT2D eigenvalue weighted by Crippen LogP contribution is 2.35. The van der Waals surface area contributed by atoms with Crippen molar-refractivity contribution in [1.29, 1.82) is 0 Å². The zero-order chi connectivity index (χ0) is 27.5. The second kappa shape index (κ2) is 11.1. The molecule has 2 aromatic rings. The Morgan fingerprint density at radius 1 is 0.949 bits per heavy atom. The number of nitrogens with one attached hydrogen (secondary N) is 2. The van der Waals surface area contributed by atoms with Crippen LogP contribution in [0.3, 0.4) is 0 Å². The number of likely N-dealkylation sites (N-methyl/N-ethyl adjacent to an activating group) is 1. The molecule has 10 heteroatoms. The number of nitrogens with zero attached hydrogens (tertiary/aromatic N) is 2. The number of benzene rings is 2. The van der Waals surface area contributed by atoms with E-state index in [2.05, 4.69) is 15.8 Å². The predicted molar refractivity (Wildman–Crippen MR) is 147 cm³/mol. The number of amides is 1. The number of ether oxygens (including phenoxy) is 3. The highest BCUT2D eigenvalue weighted by molar-refractivity contribution is 5.94. The summed E-state index contributed by atoms with van der Waals surface area (Å²) in [4.78, 5) is 25.0. The molecule has 0 saturated heterocycles. The lowest BCUT2D eigenvalue weighted by Gasteiger charge is -2.33. The maximum Gasteiger partial charge on any atom is 0.253 e. The number of hydrogen-bond acceptors (Lipinski definition) is 9. The van der Waals surface area contributed by atoms with Gasteiger partial charge in [0, 0.05) is 25.4 Å². The molecule has 0 aliphatic carbocycles. The molecule has 1 amide bonds. The Morgan fingerprint density at radius 2 is 1.69 bits per heavy atom. The third-order valence-electron chi connectivity index (χ3n) is 7.09. The molecule has 0 spiro atoms. The van der Waals surface area contributed by atoms with Crippen LogP contribution in [-0.2, 0) is 25.4 Å². The number of rotatable bonds is 0. The van der Waals surface area contributed by atoms with Crippen molar-refractivity contribution in [3.63, 3.8) is 0 Å². The first kappa shape index (κ1) is 26.7. The van der Waals surface area contributed by atoms with Gasteiger partial charge in [-0.3, -0.25) is 4.79 Å². The van der Waals surface area contributed by atoms with Crippen LogP contribution in [-0.4, -0.2) is 63.6 Å². The summed E-state index contributed by atoms with van der Waals surface area (Å²) in [7, 11) is 1.76. The Balaban J connectivity index is 1.44. The molecule has 6 rings (SSSR count). The third-order valence-corrected chi connectivity index (χ3v) is 7.09. The summed E-state index contributed by atoms with van der Waals surface area (Å²) in [6.07, 6.45) is 3.74. The maximum absolute atomic E-state index is 12.9. The normalized spacial score (nSPS) is 26.3. The number of aliphatic imine (C=N–C) groups is 1. The highest BCUT2D eigenvalue weighted by Gasteiger charge is 2.37. The number of hydrogen-bond donors (Lipinski definition) is 3. The summed E-state index contributed by atoms with van der Waals surface area (Å²) < 4.78 is 17.2. The lowest BCUT2D eigenvalue weighted by molar-refractivity contribution is 0.0300. The van der Waals surface area contributed by atoms with Gasteiger partial charge < -0.3 is 35.0 Å². The fourth-order valence-corrected chi connectivity index (χ4v) is 4.63. The van der Waals surface area contributed by atoms with Crippen LogP contribution < -0.4 is 21.3 Å². The monoisotopic (exact) mass is 533 g/mol. The molecule has 4 heterocycles. The summed E-state index contributed by atoms with van der Waals surface area (Å²) in [5.74, 6) is 1.52. The van der Waals surface area contributed by atoms with Gasteiger partial charge in [-0.1, -0.05) is 24.3 Å². The van der Waals surface area contributed by atoms with Gasteiger partial charge in [-0.25, -0.2) is 4.99 Å². The molecule has 4 N–H and O–H groups in total. The SMILES string of the molecule is CN1CCOCCOCCOc2cccc(c2)C2(C)C=C(ON2)C2=C(N)N=CC(C)(N2)c2ccc(cc2)C1=O. The summed E-state index contributed by atoms with van der Waals surface area (Å²) in [5.41, 5.74) is 11.2. The molecule has 2 unspecified atom stereocenters. The predicted octanol–water partition coefficient (Wildman–Crippen LogP) is 2.54. The van der Waals surface area contributed by atoms with E-state index in [-0.39, 0.29) is 5.91 Å². The van der Waals surface area contributed by atoms with E-state index in [0.29, 0.717) is 62.4 Å². The maximum atomic E-state index is 12.9. The molecule has 0 aromatic heterocycles. The molecular formula is C29H35N5O5. The first-order valence-electron chi connectivity index (χ1n) is 13.0. The van der Waals surface area contributed by atoms with Crippen LogP contribution in [0.2, 0.25) is 0 Å². The van der Waals surface area contributed by atoms with E-state index in [1.165, 1.54) is 0 Å². The van der Waals surface area contributed by atoms with E-state index >= 15 is 0 Å². The van der Waals surface area contributed by atoms with Gasteiger partial charge in [0.15, 0.2) is 5.76 Å². The molecule has 4 aliphatic heterocycles. The van der Waals surface area contributed by atoms with E-state index in [0.717, 1.165) is 16.9 Å². The first-order chi connectivity index (χ1) is 18.8. The van der Waals surface area contributed by atoms with Crippen molar-refractivity contribution in [3.05, 3.63) is 88.6 Å². The van der Waals surface area contributed by atoms with E-state index in [9.17, 15) is 4.79 Å². The van der Waals surface area contributed by atoms with Crippen molar-refractivity contribution >= 4 is 12.1 Å². The second-order valence-electron chi connectivity index (χ2n) is 10.2. The van der Waals surface area contributed by atoms with Crippen LogP contribution in [0, 0.1) is 0 Å². The summed E-state index contributed by atoms with van der Waals surface area (Å²) >= 11 is 0. The van der Waals surface area contributed by atoms with Crippen LogP contribution in [0.4, 0.5) is 0 Å². The van der Waals surface area contributed by atoms with Gasteiger partial charge in [0.1, 0.15) is 23.9 Å². The van der Waals surface area contributed by atoms with E-state index in [4.69, 9.17) is 24.8 Å². The van der Waals surface area contributed by atoms with E-state index in [1.54, 1.807) is 18.2 Å². The molecule has 8 bridgehead atoms. The molecule has 0 radical (unpaired) electrons. The summed E-state index contributed by atoms with van der Waals surface area (Å²) in [6.45, 7) is 6.65. The van der Waals surface area contributed by atoms with Crippen LogP contribution in [0.5, 0.6) is 5.75 Å². The smallest absolute Gasteiger partial charge is 0.253 e. The number of hydroxylamine groups is 1. The van der Waals surface area contributed by atoms with Crippen LogP contribution in [0.15, 0.2) is 76.9 Å². The standard InChI is InChI=1S/C29H35N5O5/c1-28-18-24(39-33-28)25-26(30)31-19-29(2,32-25)21-9-7-20(8-10-21)27(35)34(3)11-12-36-13-14-37-15-16-38-23-6-4-5-22(28)17-23/h4-10,17-19,32-33H,11-16,30H2,1-3H3. The number of fused-ring (bicyclic) bond motifs is 12. The Bertz CT molecular complexity index is 1310. The number of nitrogens with two attached hydrogens (primary N) is 1. The van der Waals surface area contributed by atoms with Gasteiger partial charge in [0.25, 0.3) is 5.91 Å². The van der Waals surface area contributed by atoms with Crippen LogP contribution >= 0.6 is 0 Å². The van der Waals surface area contributed by atoms with Gasteiger partial charge in [-0.05, 0) is 55.3 Å². The van der Waals surface area contributed by atoms with Crippen molar-refractivity contribution < 1.29 is 23.8 Å². The molecule has 0 saturated carbocycles. The third kappa shape index (κ3) is 5.78. The number of carbonyl (C=O) groups is 1. The molecular weight excluding hydrogens is 498 g/mol. The molecule has 206 valence electrons. The average molecular weight is 534 g/mol. The topological polar surface area (TPSA) is 120 Å². The van der Waals surface area contributed by atoms with Crippen LogP contribution in [0.1, 0.15) is 35.3 Å². The van der Waals surface area contributed by atoms with Crippen molar-refractivity contribution in [2.24, 2.45) is 10.7 Å². The molecule has 0 fully saturated rings. The molecule has 4 aliphatic rings. The molecule has 2 atom stereocenters. The Kier molecular flexibility index (Phi) is 7.60. The largest absolute Gasteiger partial charge is 0.491 e. The fraction of sp³-hybridized carbons (Fsp3) is 0.379. The van der Waals surface area contributed by atoms with Crippen molar-refractivity contribution in [3.8, 4) is 5.75 Å². The molecule has 39 heavy (non-hydrogen) atoms. The summed E-state index contributed by atoms with van der Waals surface area (Å²) in [5, 5.41) is 3.50. The zero-order valence-electron chi connectivity index (χ0n) is 22.5. The van der Waals surface area contributed by atoms with Gasteiger partial charge >= 0.3 is 0 Å². The van der Waals surface area contributed by atoms with E-state index in [1.807, 2.05) is 68.5 Å². The second-order valence-corrected chi connectivity index (χ2v) is 10.2. The molecule has 10 nitrogen and oxygen atoms in total. The van der Waals surface area contributed by atoms with Gasteiger partial charge in [0.05, 0.1) is 37.5 Å². The Morgan fingerprint density at radius 3 is 2.49 bits per heavy atom. The quantitative estimate of drug-likeness (QED) is 0.442. The first-order valence-corrected chi connectivity index (χ1v) is 13.0. The average Bonchev–Trinajstić information content (AvgIpc) is 3.36. The van der Waals surface area contributed by atoms with Crippen molar-refractivity contribution in [2.45, 2.75) is 24.9 Å². The number of carbonyl (C=O) groups excluding carboxylic acids is 1.